The van der Waals surface area contributed by atoms with Crippen LogP contribution >= 0.6 is 0 Å². The van der Waals surface area contributed by atoms with Gasteiger partial charge in [-0.15, -0.1) is 0 Å². The molecule has 0 bridgehead atoms. The zero-order valence-electron chi connectivity index (χ0n) is 41.0. The van der Waals surface area contributed by atoms with Crippen LogP contribution in [0.5, 0.6) is 0 Å². The number of rotatable bonds is 44. The maximum atomic E-state index is 12.8. The van der Waals surface area contributed by atoms with E-state index in [2.05, 4.69) is 98.9 Å². The highest BCUT2D eigenvalue weighted by Gasteiger charge is 2.31. The van der Waals surface area contributed by atoms with Gasteiger partial charge < -0.3 is 23.8 Å². The standard InChI is InChI=1S/C55H93NO7/c1-6-8-10-12-14-16-18-20-22-24-26-28-29-31-33-35-37-39-41-43-45-53(57)62-50-51(49-61-48-47-52(55(59)60)56(3,4)5)63-54(58)46-44-42-40-38-36-34-32-30-27-25-23-21-19-17-15-13-11-9-7-2/h8-11,14-17,20-23,27,30,51-52H,6-7,12-13,18-19,24-26,28-29,31-50H2,1-5H3/p+1/b10-8+,11-9+,16-14+,17-15+,22-20+,23-21+,30-27+. The van der Waals surface area contributed by atoms with Gasteiger partial charge >= 0.3 is 17.9 Å². The van der Waals surface area contributed by atoms with Crippen LogP contribution in [0.1, 0.15) is 194 Å². The van der Waals surface area contributed by atoms with Gasteiger partial charge in [0.05, 0.1) is 34.4 Å². The van der Waals surface area contributed by atoms with Crippen molar-refractivity contribution in [2.45, 2.75) is 206 Å². The monoisotopic (exact) mass is 881 g/mol. The minimum Gasteiger partial charge on any atom is -0.477 e. The Morgan fingerprint density at radius 3 is 1.24 bits per heavy atom. The van der Waals surface area contributed by atoms with Gasteiger partial charge in [-0.3, -0.25) is 9.59 Å². The van der Waals surface area contributed by atoms with E-state index in [1.54, 1.807) is 0 Å². The van der Waals surface area contributed by atoms with Gasteiger partial charge in [0.15, 0.2) is 12.1 Å². The predicted octanol–water partition coefficient (Wildman–Crippen LogP) is 14.5. The van der Waals surface area contributed by atoms with Crippen molar-refractivity contribution in [2.75, 3.05) is 41.0 Å². The van der Waals surface area contributed by atoms with Gasteiger partial charge in [0.2, 0.25) is 0 Å². The molecule has 0 aromatic carbocycles. The summed E-state index contributed by atoms with van der Waals surface area (Å²) in [6.45, 7) is 4.50. The van der Waals surface area contributed by atoms with E-state index in [0.717, 1.165) is 96.3 Å². The van der Waals surface area contributed by atoms with Crippen LogP contribution in [-0.2, 0) is 28.6 Å². The fourth-order valence-electron chi connectivity index (χ4n) is 6.98. The summed E-state index contributed by atoms with van der Waals surface area (Å²) in [4.78, 5) is 37.2. The van der Waals surface area contributed by atoms with Gasteiger partial charge in [-0.1, -0.05) is 176 Å². The van der Waals surface area contributed by atoms with Crippen LogP contribution in [0.2, 0.25) is 0 Å². The first-order valence-electron chi connectivity index (χ1n) is 25.1. The van der Waals surface area contributed by atoms with E-state index in [0.29, 0.717) is 19.3 Å². The highest BCUT2D eigenvalue weighted by Crippen LogP contribution is 2.15. The molecule has 0 fully saturated rings. The molecule has 0 spiro atoms. The molecule has 0 aromatic rings. The van der Waals surface area contributed by atoms with E-state index in [-0.39, 0.29) is 36.2 Å². The lowest BCUT2D eigenvalue weighted by molar-refractivity contribution is -0.887. The summed E-state index contributed by atoms with van der Waals surface area (Å²) in [6.07, 6.45) is 59.1. The number of esters is 2. The van der Waals surface area contributed by atoms with Crippen molar-refractivity contribution in [3.05, 3.63) is 85.1 Å². The van der Waals surface area contributed by atoms with Crippen molar-refractivity contribution in [3.8, 4) is 0 Å². The fraction of sp³-hybridized carbons (Fsp3) is 0.691. The molecule has 360 valence electrons. The second-order valence-electron chi connectivity index (χ2n) is 17.7. The van der Waals surface area contributed by atoms with E-state index < -0.39 is 18.1 Å². The molecule has 0 aromatic heterocycles. The third kappa shape index (κ3) is 43.5. The molecule has 1 N–H and O–H groups in total. The number of nitrogens with zero attached hydrogens (tertiary/aromatic N) is 1. The molecule has 8 heteroatoms. The number of likely N-dealkylation sites (N-methyl/N-ethyl adjacent to an activating group) is 1. The number of hydrogen-bond donors (Lipinski definition) is 1. The lowest BCUT2D eigenvalue weighted by atomic mass is 10.1. The molecule has 0 radical (unpaired) electrons. The summed E-state index contributed by atoms with van der Waals surface area (Å²) in [6, 6.07) is -0.623. The maximum Gasteiger partial charge on any atom is 0.362 e. The van der Waals surface area contributed by atoms with Crippen LogP contribution in [0, 0.1) is 0 Å². The minimum absolute atomic E-state index is 0.0499. The second kappa shape index (κ2) is 45.1. The Bertz CT molecular complexity index is 1300. The average Bonchev–Trinajstić information content (AvgIpc) is 3.24. The van der Waals surface area contributed by atoms with E-state index in [4.69, 9.17) is 14.2 Å². The van der Waals surface area contributed by atoms with Crippen molar-refractivity contribution in [1.29, 1.82) is 0 Å². The van der Waals surface area contributed by atoms with Crippen LogP contribution in [0.3, 0.4) is 0 Å². The van der Waals surface area contributed by atoms with Gasteiger partial charge in [-0.05, 0) is 83.5 Å². The van der Waals surface area contributed by atoms with Gasteiger partial charge in [0.1, 0.15) is 6.61 Å². The first kappa shape index (κ1) is 59.5. The first-order valence-corrected chi connectivity index (χ1v) is 25.1. The first-order chi connectivity index (χ1) is 30.6. The molecule has 8 nitrogen and oxygen atoms in total. The van der Waals surface area contributed by atoms with E-state index in [1.165, 1.54) is 64.2 Å². The number of quaternary nitrogens is 1. The molecule has 0 saturated heterocycles. The van der Waals surface area contributed by atoms with Crippen LogP contribution < -0.4 is 0 Å². The lowest BCUT2D eigenvalue weighted by Gasteiger charge is -2.31. The summed E-state index contributed by atoms with van der Waals surface area (Å²) < 4.78 is 17.3. The molecule has 2 atom stereocenters. The van der Waals surface area contributed by atoms with Crippen LogP contribution in [0.25, 0.3) is 0 Å². The average molecular weight is 881 g/mol. The molecule has 0 aliphatic heterocycles. The Labute approximate surface area is 386 Å². The predicted molar refractivity (Wildman–Crippen MR) is 266 cm³/mol. The molecule has 0 amide bonds. The summed E-state index contributed by atoms with van der Waals surface area (Å²) in [5, 5.41) is 9.65. The number of carboxylic acid groups (broad SMARTS) is 1. The molecule has 0 heterocycles. The van der Waals surface area contributed by atoms with E-state index >= 15 is 0 Å². The molecule has 0 aliphatic carbocycles. The Morgan fingerprint density at radius 1 is 0.476 bits per heavy atom. The van der Waals surface area contributed by atoms with E-state index in [1.807, 2.05) is 21.1 Å². The van der Waals surface area contributed by atoms with Gasteiger partial charge in [0.25, 0.3) is 0 Å². The Hall–Kier alpha value is -3.49. The third-order valence-electron chi connectivity index (χ3n) is 10.8. The number of unbranched alkanes of at least 4 members (excludes halogenated alkanes) is 16. The zero-order valence-corrected chi connectivity index (χ0v) is 41.0. The highest BCUT2D eigenvalue weighted by molar-refractivity contribution is 5.72. The number of ether oxygens (including phenoxy) is 3. The topological polar surface area (TPSA) is 99.1 Å². The molecule has 2 unspecified atom stereocenters. The molecular weight excluding hydrogens is 787 g/mol. The Kier molecular flexibility index (Phi) is 42.6. The summed E-state index contributed by atoms with van der Waals surface area (Å²) in [5.74, 6) is -1.49. The Morgan fingerprint density at radius 2 is 0.841 bits per heavy atom. The van der Waals surface area contributed by atoms with Gasteiger partial charge in [-0.25, -0.2) is 4.79 Å². The number of carbonyl (C=O) groups excluding carboxylic acids is 2. The van der Waals surface area contributed by atoms with Crippen LogP contribution in [0.15, 0.2) is 85.1 Å². The number of aliphatic carboxylic acids is 1. The highest BCUT2D eigenvalue weighted by atomic mass is 16.6. The zero-order chi connectivity index (χ0) is 46.3. The van der Waals surface area contributed by atoms with Crippen molar-refractivity contribution in [1.82, 2.24) is 0 Å². The van der Waals surface area contributed by atoms with Crippen molar-refractivity contribution in [3.63, 3.8) is 0 Å². The minimum atomic E-state index is -0.880. The Balaban J connectivity index is 4.30. The summed E-state index contributed by atoms with van der Waals surface area (Å²) in [7, 11) is 5.52. The normalized spacial score (nSPS) is 13.6. The summed E-state index contributed by atoms with van der Waals surface area (Å²) in [5.41, 5.74) is 0. The molecule has 0 aliphatic rings. The van der Waals surface area contributed by atoms with Crippen molar-refractivity contribution < 1.29 is 38.2 Å². The number of allylic oxidation sites excluding steroid dienone is 14. The quantitative estimate of drug-likeness (QED) is 0.0282. The number of hydrogen-bond acceptors (Lipinski definition) is 6. The van der Waals surface area contributed by atoms with Gasteiger partial charge in [0, 0.05) is 19.3 Å². The van der Waals surface area contributed by atoms with Crippen LogP contribution in [0.4, 0.5) is 0 Å². The smallest absolute Gasteiger partial charge is 0.362 e. The van der Waals surface area contributed by atoms with E-state index in [9.17, 15) is 19.5 Å². The molecule has 0 rings (SSSR count). The second-order valence-corrected chi connectivity index (χ2v) is 17.7. The van der Waals surface area contributed by atoms with Gasteiger partial charge in [-0.2, -0.15) is 0 Å². The number of carbonyl (C=O) groups is 3. The third-order valence-corrected chi connectivity index (χ3v) is 10.8. The van der Waals surface area contributed by atoms with Crippen molar-refractivity contribution in [2.24, 2.45) is 0 Å². The SMILES string of the molecule is CC/C=C/C/C=C/C/C=C/C/C=C/CCCCCCCCC(=O)OC(COCCC(C(=O)O)[N+](C)(C)C)COC(=O)CCCCCCCCCCCC/C=C/C/C=C/C/C=C/CC. The molecule has 0 saturated carbocycles. The number of carboxylic acids is 1. The lowest BCUT2D eigenvalue weighted by Crippen LogP contribution is -2.50. The fourth-order valence-corrected chi connectivity index (χ4v) is 6.98. The van der Waals surface area contributed by atoms with Crippen LogP contribution in [-0.4, -0.2) is 80.6 Å². The maximum absolute atomic E-state index is 12.8. The molecule has 63 heavy (non-hydrogen) atoms. The summed E-state index contributed by atoms with van der Waals surface area (Å²) >= 11 is 0. The molecular formula is C55H94NO7+. The largest absolute Gasteiger partial charge is 0.477 e. The van der Waals surface area contributed by atoms with Crippen molar-refractivity contribution >= 4 is 17.9 Å².